The van der Waals surface area contributed by atoms with E-state index < -0.39 is 0 Å². The smallest absolute Gasteiger partial charge is 0.134 e. The molecule has 1 aliphatic rings. The van der Waals surface area contributed by atoms with E-state index in [1.807, 2.05) is 6.07 Å². The van der Waals surface area contributed by atoms with Gasteiger partial charge in [-0.05, 0) is 50.5 Å². The van der Waals surface area contributed by atoms with Crippen LogP contribution in [0.2, 0.25) is 0 Å². The van der Waals surface area contributed by atoms with Crippen LogP contribution < -0.4 is 5.32 Å². The summed E-state index contributed by atoms with van der Waals surface area (Å²) >= 11 is 2.11. The third-order valence-corrected chi connectivity index (χ3v) is 5.78. The van der Waals surface area contributed by atoms with E-state index in [0.29, 0.717) is 6.04 Å². The third-order valence-electron chi connectivity index (χ3n) is 4.55. The van der Waals surface area contributed by atoms with Gasteiger partial charge in [0.15, 0.2) is 0 Å². The number of fused-ring (bicyclic) bond motifs is 1. The molecule has 0 radical (unpaired) electrons. The molecular weight excluding hydrogens is 278 g/mol. The van der Waals surface area contributed by atoms with Gasteiger partial charge in [-0.3, -0.25) is 0 Å². The fraction of sp³-hybridized carbons (Fsp3) is 0.556. The Balaban J connectivity index is 1.70. The van der Waals surface area contributed by atoms with Gasteiger partial charge in [0.1, 0.15) is 11.3 Å². The number of rotatable bonds is 5. The molecule has 1 fully saturated rings. The van der Waals surface area contributed by atoms with E-state index in [9.17, 15) is 0 Å². The van der Waals surface area contributed by atoms with Gasteiger partial charge in [-0.25, -0.2) is 0 Å². The standard InChI is InChI=1S/C18H25NOS/c1-4-21-15-10-9-14(11-15)19-13(3)18-12(2)16-7-5-6-8-17(16)20-18/h5-8,13-15,19H,4,9-11H2,1-3H3. The largest absolute Gasteiger partial charge is 0.459 e. The van der Waals surface area contributed by atoms with Crippen molar-refractivity contribution in [1.82, 2.24) is 5.32 Å². The predicted octanol–water partition coefficient (Wildman–Crippen LogP) is 5.07. The van der Waals surface area contributed by atoms with Crippen LogP contribution >= 0.6 is 11.8 Å². The molecule has 0 amide bonds. The SMILES string of the molecule is CCSC1CCC(NC(C)c2oc3ccccc3c2C)C1. The van der Waals surface area contributed by atoms with Crippen LogP contribution in [0.5, 0.6) is 0 Å². The molecule has 1 aromatic carbocycles. The Kier molecular flexibility index (Phi) is 4.60. The van der Waals surface area contributed by atoms with Gasteiger partial charge in [-0.1, -0.05) is 25.1 Å². The minimum Gasteiger partial charge on any atom is -0.459 e. The summed E-state index contributed by atoms with van der Waals surface area (Å²) in [5.74, 6) is 2.33. The second-order valence-corrected chi connectivity index (χ2v) is 7.64. The highest BCUT2D eigenvalue weighted by molar-refractivity contribution is 7.99. The van der Waals surface area contributed by atoms with Gasteiger partial charge in [-0.2, -0.15) is 11.8 Å². The molecule has 3 heteroatoms. The van der Waals surface area contributed by atoms with Gasteiger partial charge in [0.25, 0.3) is 0 Å². The number of furan rings is 1. The van der Waals surface area contributed by atoms with Crippen molar-refractivity contribution in [3.63, 3.8) is 0 Å². The van der Waals surface area contributed by atoms with Crippen molar-refractivity contribution in [3.05, 3.63) is 35.6 Å². The highest BCUT2D eigenvalue weighted by Gasteiger charge is 2.27. The quantitative estimate of drug-likeness (QED) is 0.835. The van der Waals surface area contributed by atoms with Crippen molar-refractivity contribution in [2.45, 2.75) is 57.4 Å². The Hall–Kier alpha value is -0.930. The summed E-state index contributed by atoms with van der Waals surface area (Å²) in [4.78, 5) is 0. The molecular formula is C18H25NOS. The molecule has 3 atom stereocenters. The maximum Gasteiger partial charge on any atom is 0.134 e. The Morgan fingerprint density at radius 1 is 1.33 bits per heavy atom. The van der Waals surface area contributed by atoms with Crippen molar-refractivity contribution in [1.29, 1.82) is 0 Å². The molecule has 1 heterocycles. The van der Waals surface area contributed by atoms with Gasteiger partial charge < -0.3 is 9.73 Å². The van der Waals surface area contributed by atoms with E-state index in [-0.39, 0.29) is 6.04 Å². The molecule has 3 unspecified atom stereocenters. The van der Waals surface area contributed by atoms with E-state index in [2.05, 4.69) is 56.0 Å². The second-order valence-electron chi connectivity index (χ2n) is 6.06. The molecule has 1 aromatic heterocycles. The number of aryl methyl sites for hydroxylation is 1. The summed E-state index contributed by atoms with van der Waals surface area (Å²) in [7, 11) is 0. The predicted molar refractivity (Wildman–Crippen MR) is 92.1 cm³/mol. The molecule has 0 bridgehead atoms. The first-order chi connectivity index (χ1) is 10.2. The van der Waals surface area contributed by atoms with E-state index in [0.717, 1.165) is 16.6 Å². The lowest BCUT2D eigenvalue weighted by Gasteiger charge is -2.18. The van der Waals surface area contributed by atoms with Crippen molar-refractivity contribution in [2.75, 3.05) is 5.75 Å². The fourth-order valence-electron chi connectivity index (χ4n) is 3.51. The number of hydrogen-bond acceptors (Lipinski definition) is 3. The maximum atomic E-state index is 6.08. The normalized spacial score (nSPS) is 23.8. The van der Waals surface area contributed by atoms with Gasteiger partial charge in [-0.15, -0.1) is 0 Å². The molecule has 1 aliphatic carbocycles. The first-order valence-corrected chi connectivity index (χ1v) is 9.09. The van der Waals surface area contributed by atoms with Crippen LogP contribution in [0.15, 0.2) is 28.7 Å². The van der Waals surface area contributed by atoms with Gasteiger partial charge in [0, 0.05) is 16.7 Å². The van der Waals surface area contributed by atoms with Crippen LogP contribution in [0.3, 0.4) is 0 Å². The lowest BCUT2D eigenvalue weighted by molar-refractivity contribution is 0.400. The Morgan fingerprint density at radius 3 is 2.90 bits per heavy atom. The zero-order valence-corrected chi connectivity index (χ0v) is 14.0. The molecule has 0 saturated heterocycles. The van der Waals surface area contributed by atoms with E-state index in [1.165, 1.54) is 36.0 Å². The highest BCUT2D eigenvalue weighted by Crippen LogP contribution is 2.33. The molecule has 21 heavy (non-hydrogen) atoms. The summed E-state index contributed by atoms with van der Waals surface area (Å²) in [5.41, 5.74) is 2.28. The second kappa shape index (κ2) is 6.45. The summed E-state index contributed by atoms with van der Waals surface area (Å²) < 4.78 is 6.08. The first kappa shape index (κ1) is 15.0. The van der Waals surface area contributed by atoms with Gasteiger partial charge in [0.05, 0.1) is 6.04 Å². The van der Waals surface area contributed by atoms with Crippen LogP contribution in [0.4, 0.5) is 0 Å². The number of thioether (sulfide) groups is 1. The average molecular weight is 303 g/mol. The van der Waals surface area contributed by atoms with E-state index >= 15 is 0 Å². The van der Waals surface area contributed by atoms with E-state index in [4.69, 9.17) is 4.42 Å². The van der Waals surface area contributed by atoms with Gasteiger partial charge in [0.2, 0.25) is 0 Å². The summed E-state index contributed by atoms with van der Waals surface area (Å²) in [6, 6.07) is 9.24. The zero-order chi connectivity index (χ0) is 14.8. The summed E-state index contributed by atoms with van der Waals surface area (Å²) in [6.45, 7) is 6.65. The average Bonchev–Trinajstić information content (AvgIpc) is 3.05. The van der Waals surface area contributed by atoms with Crippen LogP contribution in [0, 0.1) is 6.92 Å². The van der Waals surface area contributed by atoms with Crippen LogP contribution in [0.1, 0.15) is 50.5 Å². The maximum absolute atomic E-state index is 6.08. The van der Waals surface area contributed by atoms with Gasteiger partial charge >= 0.3 is 0 Å². The topological polar surface area (TPSA) is 25.2 Å². The summed E-state index contributed by atoms with van der Waals surface area (Å²) in [5, 5.41) is 5.86. The number of benzene rings is 1. The number of para-hydroxylation sites is 1. The molecule has 3 rings (SSSR count). The molecule has 0 spiro atoms. The van der Waals surface area contributed by atoms with Crippen molar-refractivity contribution in [3.8, 4) is 0 Å². The number of hydrogen-bond donors (Lipinski definition) is 1. The lowest BCUT2D eigenvalue weighted by Crippen LogP contribution is -2.29. The van der Waals surface area contributed by atoms with Crippen molar-refractivity contribution < 1.29 is 4.42 Å². The zero-order valence-electron chi connectivity index (χ0n) is 13.2. The van der Waals surface area contributed by atoms with Crippen LogP contribution in [0.25, 0.3) is 11.0 Å². The number of nitrogens with one attached hydrogen (secondary N) is 1. The molecule has 0 aliphatic heterocycles. The fourth-order valence-corrected chi connectivity index (χ4v) is 4.66. The monoisotopic (exact) mass is 303 g/mol. The third kappa shape index (κ3) is 3.14. The Labute approximate surface area is 131 Å². The lowest BCUT2D eigenvalue weighted by atomic mass is 10.1. The minimum atomic E-state index is 0.285. The minimum absolute atomic E-state index is 0.285. The highest BCUT2D eigenvalue weighted by atomic mass is 32.2. The van der Waals surface area contributed by atoms with Crippen LogP contribution in [-0.2, 0) is 0 Å². The van der Waals surface area contributed by atoms with Crippen LogP contribution in [-0.4, -0.2) is 17.0 Å². The Morgan fingerprint density at radius 2 is 2.14 bits per heavy atom. The first-order valence-electron chi connectivity index (χ1n) is 8.04. The molecule has 2 nitrogen and oxygen atoms in total. The molecule has 1 saturated carbocycles. The summed E-state index contributed by atoms with van der Waals surface area (Å²) in [6.07, 6.45) is 3.94. The van der Waals surface area contributed by atoms with Crippen molar-refractivity contribution in [2.24, 2.45) is 0 Å². The van der Waals surface area contributed by atoms with Crippen molar-refractivity contribution >= 4 is 22.7 Å². The molecule has 2 aromatic rings. The van der Waals surface area contributed by atoms with E-state index in [1.54, 1.807) is 0 Å². The Bertz CT molecular complexity index is 606. The molecule has 1 N–H and O–H groups in total. The molecule has 114 valence electrons.